The van der Waals surface area contributed by atoms with Crippen LogP contribution in [0.1, 0.15) is 33.6 Å². The zero-order valence-corrected chi connectivity index (χ0v) is 20.3. The number of methoxy groups -OCH3 is 1. The van der Waals surface area contributed by atoms with E-state index in [9.17, 15) is 18.0 Å². The second kappa shape index (κ2) is 9.30. The van der Waals surface area contributed by atoms with Crippen molar-refractivity contribution in [3.63, 3.8) is 0 Å². The number of aromatic nitrogens is 2. The Hall–Kier alpha value is -3.45. The number of nitrogens with one attached hydrogen (secondary N) is 1. The van der Waals surface area contributed by atoms with Crippen molar-refractivity contribution >= 4 is 38.1 Å². The molecule has 0 bridgehead atoms. The van der Waals surface area contributed by atoms with E-state index in [-0.39, 0.29) is 16.5 Å². The molecule has 1 aromatic carbocycles. The number of carbonyl (C=O) groups is 2. The van der Waals surface area contributed by atoms with Crippen molar-refractivity contribution in [2.45, 2.75) is 30.9 Å². The number of ether oxygens (including phenoxy) is 3. The maximum absolute atomic E-state index is 12.8. The van der Waals surface area contributed by atoms with Crippen molar-refractivity contribution in [1.29, 1.82) is 0 Å². The van der Waals surface area contributed by atoms with Gasteiger partial charge in [0.15, 0.2) is 11.5 Å². The highest BCUT2D eigenvalue weighted by Gasteiger charge is 2.30. The molecule has 35 heavy (non-hydrogen) atoms. The summed E-state index contributed by atoms with van der Waals surface area (Å²) in [6, 6.07) is 4.91. The number of amides is 1. The summed E-state index contributed by atoms with van der Waals surface area (Å²) in [4.78, 5) is 26.0. The molecule has 1 N–H and O–H groups in total. The fraction of sp³-hybridized carbons (Fsp3) is 0.364. The third-order valence-electron chi connectivity index (χ3n) is 5.60. The van der Waals surface area contributed by atoms with E-state index in [0.29, 0.717) is 36.7 Å². The minimum absolute atomic E-state index is 0.0418. The minimum atomic E-state index is -4.24. The van der Waals surface area contributed by atoms with Crippen LogP contribution in [-0.2, 0) is 32.2 Å². The Labute approximate surface area is 204 Å². The summed E-state index contributed by atoms with van der Waals surface area (Å²) in [6.07, 6.45) is 3.41. The van der Waals surface area contributed by atoms with Gasteiger partial charge in [-0.2, -0.15) is 0 Å². The standard InChI is InChI=1S/C22H21N3O8S2/c1-30-21(27)18-13-4-2-3-5-16(13)34-20(18)23-17(26)11-35(28,29)22-25-24-19(33-22)12-6-7-14-15(10-12)32-9-8-31-14/h6-7,10H,2-5,8-9,11H2,1H3,(H,23,26). The molecule has 2 aromatic heterocycles. The molecule has 1 aliphatic carbocycles. The molecular weight excluding hydrogens is 498 g/mol. The van der Waals surface area contributed by atoms with Crippen molar-refractivity contribution in [2.24, 2.45) is 0 Å². The van der Waals surface area contributed by atoms with Gasteiger partial charge in [0.05, 0.1) is 12.7 Å². The van der Waals surface area contributed by atoms with E-state index in [1.165, 1.54) is 18.4 Å². The van der Waals surface area contributed by atoms with Gasteiger partial charge in [0.2, 0.25) is 21.6 Å². The zero-order valence-electron chi connectivity index (χ0n) is 18.7. The summed E-state index contributed by atoms with van der Waals surface area (Å²) in [7, 11) is -2.98. The van der Waals surface area contributed by atoms with Crippen molar-refractivity contribution in [3.05, 3.63) is 34.2 Å². The van der Waals surface area contributed by atoms with Crippen LogP contribution in [0, 0.1) is 0 Å². The molecule has 13 heteroatoms. The topological polar surface area (TPSA) is 147 Å². The van der Waals surface area contributed by atoms with Crippen LogP contribution in [0.5, 0.6) is 11.5 Å². The summed E-state index contributed by atoms with van der Waals surface area (Å²) < 4.78 is 46.8. The maximum atomic E-state index is 12.8. The molecule has 0 fully saturated rings. The molecular formula is C22H21N3O8S2. The van der Waals surface area contributed by atoms with Crippen LogP contribution in [0.2, 0.25) is 0 Å². The highest BCUT2D eigenvalue weighted by molar-refractivity contribution is 7.91. The molecule has 0 spiro atoms. The van der Waals surface area contributed by atoms with E-state index in [1.54, 1.807) is 18.2 Å². The largest absolute Gasteiger partial charge is 0.486 e. The maximum Gasteiger partial charge on any atom is 0.341 e. The number of nitrogens with zero attached hydrogens (tertiary/aromatic N) is 2. The summed E-state index contributed by atoms with van der Waals surface area (Å²) in [5.74, 6) is -1.32. The zero-order chi connectivity index (χ0) is 24.6. The van der Waals surface area contributed by atoms with E-state index >= 15 is 0 Å². The lowest BCUT2D eigenvalue weighted by atomic mass is 9.95. The lowest BCUT2D eigenvalue weighted by Crippen LogP contribution is -2.24. The Morgan fingerprint density at radius 2 is 1.89 bits per heavy atom. The Balaban J connectivity index is 1.33. The van der Waals surface area contributed by atoms with Crippen LogP contribution in [0.4, 0.5) is 5.00 Å². The lowest BCUT2D eigenvalue weighted by molar-refractivity contribution is -0.113. The Morgan fingerprint density at radius 1 is 1.11 bits per heavy atom. The number of aryl methyl sites for hydroxylation is 1. The molecule has 184 valence electrons. The normalized spacial score (nSPS) is 14.8. The van der Waals surface area contributed by atoms with Gasteiger partial charge < -0.3 is 23.9 Å². The molecule has 0 radical (unpaired) electrons. The van der Waals surface area contributed by atoms with Gasteiger partial charge in [-0.05, 0) is 49.4 Å². The first kappa shape index (κ1) is 23.3. The van der Waals surface area contributed by atoms with Gasteiger partial charge in [-0.1, -0.05) is 5.10 Å². The monoisotopic (exact) mass is 519 g/mol. The molecule has 1 amide bonds. The van der Waals surface area contributed by atoms with Gasteiger partial charge in [0.25, 0.3) is 0 Å². The van der Waals surface area contributed by atoms with E-state index in [4.69, 9.17) is 18.6 Å². The predicted octanol–water partition coefficient (Wildman–Crippen LogP) is 2.65. The SMILES string of the molecule is COC(=O)c1c(NC(=O)CS(=O)(=O)c2nnc(-c3ccc4c(c3)OCCO4)o2)sc2c1CCCC2. The van der Waals surface area contributed by atoms with Crippen LogP contribution in [0.25, 0.3) is 11.5 Å². The van der Waals surface area contributed by atoms with E-state index in [0.717, 1.165) is 29.7 Å². The number of carbonyl (C=O) groups excluding carboxylic acids is 2. The van der Waals surface area contributed by atoms with E-state index < -0.39 is 32.7 Å². The van der Waals surface area contributed by atoms with Gasteiger partial charge in [-0.3, -0.25) is 4.79 Å². The van der Waals surface area contributed by atoms with Gasteiger partial charge in [-0.15, -0.1) is 16.4 Å². The predicted molar refractivity (Wildman–Crippen MR) is 124 cm³/mol. The molecule has 3 aromatic rings. The van der Waals surface area contributed by atoms with Crippen LogP contribution in [0.3, 0.4) is 0 Å². The molecule has 3 heterocycles. The second-order valence-electron chi connectivity index (χ2n) is 7.95. The van der Waals surface area contributed by atoms with Gasteiger partial charge in [0, 0.05) is 10.4 Å². The van der Waals surface area contributed by atoms with Crippen molar-refractivity contribution in [1.82, 2.24) is 10.2 Å². The van der Waals surface area contributed by atoms with Gasteiger partial charge in [0.1, 0.15) is 24.0 Å². The smallest absolute Gasteiger partial charge is 0.341 e. The molecule has 5 rings (SSSR count). The number of fused-ring (bicyclic) bond motifs is 2. The Kier molecular flexibility index (Phi) is 6.19. The highest BCUT2D eigenvalue weighted by Crippen LogP contribution is 2.39. The Bertz CT molecular complexity index is 1410. The van der Waals surface area contributed by atoms with Crippen LogP contribution in [-0.4, -0.2) is 56.6 Å². The molecule has 0 atom stereocenters. The van der Waals surface area contributed by atoms with Crippen molar-refractivity contribution < 1.29 is 36.6 Å². The summed E-state index contributed by atoms with van der Waals surface area (Å²) >= 11 is 1.27. The van der Waals surface area contributed by atoms with Crippen LogP contribution in [0.15, 0.2) is 27.8 Å². The fourth-order valence-corrected chi connectivity index (χ4v) is 6.20. The minimum Gasteiger partial charge on any atom is -0.486 e. The van der Waals surface area contributed by atoms with Crippen molar-refractivity contribution in [2.75, 3.05) is 31.4 Å². The summed E-state index contributed by atoms with van der Waals surface area (Å²) in [5.41, 5.74) is 1.59. The molecule has 0 saturated carbocycles. The first-order valence-corrected chi connectivity index (χ1v) is 13.3. The average Bonchev–Trinajstić information content (AvgIpc) is 3.48. The molecule has 1 aliphatic heterocycles. The number of sulfone groups is 1. The molecule has 11 nitrogen and oxygen atoms in total. The third kappa shape index (κ3) is 4.60. The first-order chi connectivity index (χ1) is 16.9. The number of hydrogen-bond acceptors (Lipinski definition) is 11. The number of anilines is 1. The number of rotatable bonds is 6. The van der Waals surface area contributed by atoms with Crippen LogP contribution < -0.4 is 14.8 Å². The second-order valence-corrected chi connectivity index (χ2v) is 10.9. The van der Waals surface area contributed by atoms with Gasteiger partial charge in [-0.25, -0.2) is 13.2 Å². The molecule has 0 saturated heterocycles. The third-order valence-corrected chi connectivity index (χ3v) is 8.14. The fourth-order valence-electron chi connectivity index (χ4n) is 4.00. The summed E-state index contributed by atoms with van der Waals surface area (Å²) in [5, 5.41) is 9.58. The van der Waals surface area contributed by atoms with E-state index in [1.807, 2.05) is 0 Å². The number of thiophene rings is 1. The highest BCUT2D eigenvalue weighted by atomic mass is 32.2. The Morgan fingerprint density at radius 3 is 2.69 bits per heavy atom. The quantitative estimate of drug-likeness (QED) is 0.482. The number of esters is 1. The number of hydrogen-bond donors (Lipinski definition) is 1. The average molecular weight is 520 g/mol. The van der Waals surface area contributed by atoms with Crippen LogP contribution >= 0.6 is 11.3 Å². The summed E-state index contributed by atoms with van der Waals surface area (Å²) in [6.45, 7) is 0.826. The lowest BCUT2D eigenvalue weighted by Gasteiger charge is -2.18. The molecule has 2 aliphatic rings. The van der Waals surface area contributed by atoms with Gasteiger partial charge >= 0.3 is 11.2 Å². The van der Waals surface area contributed by atoms with E-state index in [2.05, 4.69) is 15.5 Å². The molecule has 0 unspecified atom stereocenters. The van der Waals surface area contributed by atoms with Crippen molar-refractivity contribution in [3.8, 4) is 23.0 Å². The first-order valence-electron chi connectivity index (χ1n) is 10.8. The number of benzene rings is 1.